The van der Waals surface area contributed by atoms with Gasteiger partial charge in [-0.25, -0.2) is 5.06 Å². The van der Waals surface area contributed by atoms with Gasteiger partial charge in [-0.3, -0.25) is 19.8 Å². The molecule has 0 radical (unpaired) electrons. The molecule has 2 aromatic carbocycles. The summed E-state index contributed by atoms with van der Waals surface area (Å²) in [5.41, 5.74) is 3.43. The standard InChI is InChI=1S/C24H25N3O4/c1-16-13-18(21-6-2-3-7-22(21)25-16)15-31-20-11-9-17(10-12-20)24(29)26-19-5-4-8-23(28)27(30)14-19/h2-3,6-7,9-13,19,30H,4-5,8,14-15H2,1H3,(H,26,29)/t19-/m0/s1. The number of hydrogen-bond donors (Lipinski definition) is 2. The minimum Gasteiger partial charge on any atom is -0.489 e. The third kappa shape index (κ3) is 5.00. The van der Waals surface area contributed by atoms with Gasteiger partial charge in [-0.2, -0.15) is 0 Å². The summed E-state index contributed by atoms with van der Waals surface area (Å²) in [6, 6.07) is 16.7. The monoisotopic (exact) mass is 419 g/mol. The lowest BCUT2D eigenvalue weighted by Gasteiger charge is -2.20. The molecule has 1 aliphatic heterocycles. The van der Waals surface area contributed by atoms with Crippen LogP contribution in [0.5, 0.6) is 5.75 Å². The molecule has 1 aromatic heterocycles. The zero-order chi connectivity index (χ0) is 21.8. The number of amides is 2. The van der Waals surface area contributed by atoms with Crippen LogP contribution in [0.3, 0.4) is 0 Å². The molecule has 2 heterocycles. The van der Waals surface area contributed by atoms with Crippen molar-refractivity contribution in [1.82, 2.24) is 15.4 Å². The first kappa shape index (κ1) is 20.8. The number of carbonyl (C=O) groups is 2. The second-order valence-corrected chi connectivity index (χ2v) is 7.79. The number of hydroxylamine groups is 2. The molecule has 2 amide bonds. The van der Waals surface area contributed by atoms with Crippen LogP contribution in [0.4, 0.5) is 0 Å². The molecule has 160 valence electrons. The van der Waals surface area contributed by atoms with Crippen molar-refractivity contribution in [2.75, 3.05) is 6.54 Å². The van der Waals surface area contributed by atoms with Crippen LogP contribution in [0.2, 0.25) is 0 Å². The van der Waals surface area contributed by atoms with Gasteiger partial charge in [0.2, 0.25) is 5.91 Å². The molecule has 0 aliphatic carbocycles. The molecule has 0 unspecified atom stereocenters. The van der Waals surface area contributed by atoms with E-state index in [0.717, 1.165) is 22.2 Å². The summed E-state index contributed by atoms with van der Waals surface area (Å²) in [5, 5.41) is 14.3. The van der Waals surface area contributed by atoms with Crippen molar-refractivity contribution in [3.05, 3.63) is 71.4 Å². The minimum atomic E-state index is -0.310. The SMILES string of the molecule is Cc1cc(COc2ccc(C(=O)N[C@H]3CCCC(=O)N(O)C3)cc2)c2ccccc2n1. The summed E-state index contributed by atoms with van der Waals surface area (Å²) in [4.78, 5) is 28.6. The first-order valence-electron chi connectivity index (χ1n) is 10.4. The number of rotatable bonds is 5. The molecule has 3 aromatic rings. The second-order valence-electron chi connectivity index (χ2n) is 7.79. The Kier molecular flexibility index (Phi) is 6.13. The molecule has 4 rings (SSSR count). The number of nitrogens with zero attached hydrogens (tertiary/aromatic N) is 2. The number of fused-ring (bicyclic) bond motifs is 1. The Morgan fingerprint density at radius 1 is 1.23 bits per heavy atom. The number of aryl methyl sites for hydroxylation is 1. The van der Waals surface area contributed by atoms with Gasteiger partial charge in [-0.15, -0.1) is 0 Å². The average molecular weight is 419 g/mol. The van der Waals surface area contributed by atoms with Gasteiger partial charge < -0.3 is 10.1 Å². The van der Waals surface area contributed by atoms with E-state index in [1.54, 1.807) is 24.3 Å². The molecule has 1 saturated heterocycles. The molecule has 2 N–H and O–H groups in total. The highest BCUT2D eigenvalue weighted by molar-refractivity contribution is 5.94. The van der Waals surface area contributed by atoms with Crippen LogP contribution in [0.25, 0.3) is 10.9 Å². The van der Waals surface area contributed by atoms with Crippen molar-refractivity contribution in [3.8, 4) is 5.75 Å². The van der Waals surface area contributed by atoms with Crippen molar-refractivity contribution in [3.63, 3.8) is 0 Å². The summed E-state index contributed by atoms with van der Waals surface area (Å²) in [7, 11) is 0. The highest BCUT2D eigenvalue weighted by Gasteiger charge is 2.23. The van der Waals surface area contributed by atoms with E-state index in [0.29, 0.717) is 42.2 Å². The Morgan fingerprint density at radius 2 is 2.00 bits per heavy atom. The van der Waals surface area contributed by atoms with E-state index in [1.807, 2.05) is 37.3 Å². The van der Waals surface area contributed by atoms with Crippen molar-refractivity contribution in [2.24, 2.45) is 0 Å². The Bertz CT molecular complexity index is 1100. The molecule has 7 heteroatoms. The van der Waals surface area contributed by atoms with E-state index in [1.165, 1.54) is 0 Å². The second kappa shape index (κ2) is 9.14. The van der Waals surface area contributed by atoms with Crippen molar-refractivity contribution in [1.29, 1.82) is 0 Å². The smallest absolute Gasteiger partial charge is 0.251 e. The maximum absolute atomic E-state index is 12.5. The topological polar surface area (TPSA) is 91.8 Å². The molecule has 7 nitrogen and oxygen atoms in total. The van der Waals surface area contributed by atoms with Crippen LogP contribution in [0.15, 0.2) is 54.6 Å². The molecule has 1 atom stereocenters. The molecule has 0 saturated carbocycles. The molecule has 1 aliphatic rings. The lowest BCUT2D eigenvalue weighted by Crippen LogP contribution is -2.42. The van der Waals surface area contributed by atoms with E-state index in [2.05, 4.69) is 10.3 Å². The van der Waals surface area contributed by atoms with Gasteiger partial charge in [0, 0.05) is 34.7 Å². The zero-order valence-electron chi connectivity index (χ0n) is 17.4. The number of para-hydroxylation sites is 1. The lowest BCUT2D eigenvalue weighted by atomic mass is 10.1. The molecular formula is C24H25N3O4. The average Bonchev–Trinajstić information content (AvgIpc) is 2.92. The summed E-state index contributed by atoms with van der Waals surface area (Å²) >= 11 is 0. The van der Waals surface area contributed by atoms with Crippen LogP contribution >= 0.6 is 0 Å². The fourth-order valence-electron chi connectivity index (χ4n) is 3.80. The zero-order valence-corrected chi connectivity index (χ0v) is 17.4. The van der Waals surface area contributed by atoms with Crippen LogP contribution < -0.4 is 10.1 Å². The number of hydrogen-bond acceptors (Lipinski definition) is 5. The van der Waals surface area contributed by atoms with Gasteiger partial charge in [0.1, 0.15) is 12.4 Å². The highest BCUT2D eigenvalue weighted by Crippen LogP contribution is 2.21. The molecule has 1 fully saturated rings. The maximum atomic E-state index is 12.5. The first-order chi connectivity index (χ1) is 15.0. The molecule has 0 spiro atoms. The highest BCUT2D eigenvalue weighted by atomic mass is 16.5. The number of aromatic nitrogens is 1. The number of pyridine rings is 1. The van der Waals surface area contributed by atoms with Gasteiger partial charge in [-0.1, -0.05) is 18.2 Å². The van der Waals surface area contributed by atoms with E-state index in [-0.39, 0.29) is 24.4 Å². The number of nitrogens with one attached hydrogen (secondary N) is 1. The number of ether oxygens (including phenoxy) is 1. The Hall–Kier alpha value is -3.45. The van der Waals surface area contributed by atoms with Crippen LogP contribution in [0.1, 0.15) is 40.9 Å². The van der Waals surface area contributed by atoms with E-state index >= 15 is 0 Å². The van der Waals surface area contributed by atoms with Crippen molar-refractivity contribution >= 4 is 22.7 Å². The quantitative estimate of drug-likeness (QED) is 0.617. The fourth-order valence-corrected chi connectivity index (χ4v) is 3.80. The molecular weight excluding hydrogens is 394 g/mol. The number of benzene rings is 2. The lowest BCUT2D eigenvalue weighted by molar-refractivity contribution is -0.164. The third-order valence-corrected chi connectivity index (χ3v) is 5.40. The summed E-state index contributed by atoms with van der Waals surface area (Å²) in [6.07, 6.45) is 1.58. The van der Waals surface area contributed by atoms with Gasteiger partial charge in [0.25, 0.3) is 5.91 Å². The van der Waals surface area contributed by atoms with Crippen LogP contribution in [-0.4, -0.2) is 39.7 Å². The van der Waals surface area contributed by atoms with Gasteiger partial charge in [0.15, 0.2) is 0 Å². The summed E-state index contributed by atoms with van der Waals surface area (Å²) in [5.74, 6) is 0.113. The Balaban J connectivity index is 1.38. The van der Waals surface area contributed by atoms with Crippen LogP contribution in [-0.2, 0) is 11.4 Å². The van der Waals surface area contributed by atoms with Crippen molar-refractivity contribution < 1.29 is 19.5 Å². The van der Waals surface area contributed by atoms with Gasteiger partial charge in [-0.05, 0) is 56.2 Å². The number of carbonyl (C=O) groups excluding carboxylic acids is 2. The van der Waals surface area contributed by atoms with Gasteiger partial charge in [0.05, 0.1) is 12.1 Å². The predicted octanol–water partition coefficient (Wildman–Crippen LogP) is 3.62. The van der Waals surface area contributed by atoms with Crippen molar-refractivity contribution in [2.45, 2.75) is 38.8 Å². The summed E-state index contributed by atoms with van der Waals surface area (Å²) in [6.45, 7) is 2.46. The maximum Gasteiger partial charge on any atom is 0.251 e. The van der Waals surface area contributed by atoms with E-state index in [4.69, 9.17) is 4.74 Å². The van der Waals surface area contributed by atoms with Gasteiger partial charge >= 0.3 is 0 Å². The summed E-state index contributed by atoms with van der Waals surface area (Å²) < 4.78 is 5.95. The Labute approximate surface area is 180 Å². The fraction of sp³-hybridized carbons (Fsp3) is 0.292. The van der Waals surface area contributed by atoms with E-state index in [9.17, 15) is 14.8 Å². The first-order valence-corrected chi connectivity index (χ1v) is 10.4. The molecule has 31 heavy (non-hydrogen) atoms. The van der Waals surface area contributed by atoms with Crippen LogP contribution in [0, 0.1) is 6.92 Å². The van der Waals surface area contributed by atoms with E-state index < -0.39 is 0 Å². The Morgan fingerprint density at radius 3 is 2.81 bits per heavy atom. The minimum absolute atomic E-state index is 0.102. The third-order valence-electron chi connectivity index (χ3n) is 5.40. The predicted molar refractivity (Wildman–Crippen MR) is 116 cm³/mol. The largest absolute Gasteiger partial charge is 0.489 e. The normalized spacial score (nSPS) is 16.8. The molecule has 0 bridgehead atoms.